The van der Waals surface area contributed by atoms with Gasteiger partial charge in [0, 0.05) is 13.7 Å². The molecule has 0 aliphatic carbocycles. The second kappa shape index (κ2) is 13.1. The average Bonchev–Trinajstić information content (AvgIpc) is 2.34. The number of rotatable bonds is 9. The molecule has 0 aromatic rings. The molecule has 0 saturated heterocycles. The van der Waals surface area contributed by atoms with Crippen LogP contribution in [-0.4, -0.2) is 86.8 Å². The van der Waals surface area contributed by atoms with Crippen molar-refractivity contribution >= 4 is 20.2 Å². The summed E-state index contributed by atoms with van der Waals surface area (Å²) in [5, 5.41) is 14.1. The molecular weight excluding hydrogens is 344 g/mol. The van der Waals surface area contributed by atoms with Gasteiger partial charge in [0.25, 0.3) is 0 Å². The van der Waals surface area contributed by atoms with Gasteiger partial charge in [0.05, 0.1) is 36.9 Å². The van der Waals surface area contributed by atoms with Gasteiger partial charge in [0.15, 0.2) is 0 Å². The largest absolute Gasteiger partial charge is 0.748 e. The van der Waals surface area contributed by atoms with E-state index >= 15 is 0 Å². The summed E-state index contributed by atoms with van der Waals surface area (Å²) in [6.45, 7) is 0.116. The van der Waals surface area contributed by atoms with E-state index in [1.165, 1.54) is 7.11 Å². The summed E-state index contributed by atoms with van der Waals surface area (Å²) in [4.78, 5) is 0. The molecule has 22 heavy (non-hydrogen) atoms. The lowest BCUT2D eigenvalue weighted by Gasteiger charge is -2.17. The van der Waals surface area contributed by atoms with Gasteiger partial charge in [-0.3, -0.25) is 0 Å². The first-order chi connectivity index (χ1) is 9.54. The first-order valence-corrected chi connectivity index (χ1v) is 8.66. The second-order valence-electron chi connectivity index (χ2n) is 3.71. The molecule has 0 bridgehead atoms. The predicted molar refractivity (Wildman–Crippen MR) is 76.2 cm³/mol. The smallest absolute Gasteiger partial charge is 0.102 e. The molecule has 138 valence electrons. The molecule has 0 spiro atoms. The third-order valence-corrected chi connectivity index (χ3v) is 4.29. The minimum Gasteiger partial charge on any atom is -0.748 e. The van der Waals surface area contributed by atoms with E-state index in [-0.39, 0.29) is 20.6 Å². The van der Waals surface area contributed by atoms with Gasteiger partial charge in [-0.2, -0.15) is 0 Å². The summed E-state index contributed by atoms with van der Waals surface area (Å²) in [5.74, 6) is 0. The zero-order valence-electron chi connectivity index (χ0n) is 11.7. The van der Waals surface area contributed by atoms with E-state index in [1.807, 2.05) is 0 Å². The average molecular weight is 368 g/mol. The molecule has 0 amide bonds. The summed E-state index contributed by atoms with van der Waals surface area (Å²) >= 11 is 0. The Bertz CT molecular complexity index is 444. The summed E-state index contributed by atoms with van der Waals surface area (Å²) < 4.78 is 70.3. The lowest BCUT2D eigenvalue weighted by atomic mass is 10.5. The highest BCUT2D eigenvalue weighted by Crippen LogP contribution is 1.98. The molecule has 10 nitrogen and oxygen atoms in total. The van der Waals surface area contributed by atoms with Crippen LogP contribution in [0.4, 0.5) is 0 Å². The minimum absolute atomic E-state index is 0. The zero-order valence-corrected chi connectivity index (χ0v) is 13.3. The van der Waals surface area contributed by atoms with Crippen LogP contribution in [0.5, 0.6) is 0 Å². The van der Waals surface area contributed by atoms with Crippen LogP contribution in [0.3, 0.4) is 0 Å². The number of hydrogen-bond donors (Lipinski definition) is 2. The quantitative estimate of drug-likeness (QED) is 0.438. The van der Waals surface area contributed by atoms with E-state index in [4.69, 9.17) is 10.2 Å². The van der Waals surface area contributed by atoms with Gasteiger partial charge in [-0.15, -0.1) is 0 Å². The van der Waals surface area contributed by atoms with Crippen molar-refractivity contribution < 1.29 is 45.6 Å². The van der Waals surface area contributed by atoms with E-state index in [0.717, 1.165) is 0 Å². The van der Waals surface area contributed by atoms with E-state index in [9.17, 15) is 25.9 Å². The Labute approximate surface area is 131 Å². The molecule has 0 aromatic heterocycles. The van der Waals surface area contributed by atoms with Crippen LogP contribution in [0.25, 0.3) is 0 Å². The summed E-state index contributed by atoms with van der Waals surface area (Å²) in [6.07, 6.45) is 0. The molecule has 2 N–H and O–H groups in total. The van der Waals surface area contributed by atoms with Gasteiger partial charge < -0.3 is 28.8 Å². The molecule has 0 rings (SSSR count). The Balaban J connectivity index is -0.000000315. The Morgan fingerprint density at radius 2 is 1.32 bits per heavy atom. The fourth-order valence-electron chi connectivity index (χ4n) is 0.890. The number of aliphatic hydroxyl groups excluding tert-OH is 2. The van der Waals surface area contributed by atoms with Crippen molar-refractivity contribution in [2.75, 3.05) is 40.1 Å². The number of ether oxygens (including phenoxy) is 2. The first kappa shape index (κ1) is 26.6. The predicted octanol–water partition coefficient (Wildman–Crippen LogP) is -1.90. The SMILES string of the molecule is C.CCOCC(CO)S(=O)(=O)[O-].COCC(CO)S(=O)(=O)[O-]. The maximum absolute atomic E-state index is 10.3. The molecule has 0 heterocycles. The third kappa shape index (κ3) is 13.3. The van der Waals surface area contributed by atoms with Crippen LogP contribution in [0.15, 0.2) is 0 Å². The van der Waals surface area contributed by atoms with E-state index in [2.05, 4.69) is 9.47 Å². The first-order valence-electron chi connectivity index (χ1n) is 5.72. The van der Waals surface area contributed by atoms with Crippen LogP contribution in [0.1, 0.15) is 14.4 Å². The van der Waals surface area contributed by atoms with Gasteiger partial charge >= 0.3 is 0 Å². The highest BCUT2D eigenvalue weighted by molar-refractivity contribution is 7.86. The van der Waals surface area contributed by atoms with E-state index in [1.54, 1.807) is 6.92 Å². The van der Waals surface area contributed by atoms with Crippen LogP contribution >= 0.6 is 0 Å². The summed E-state index contributed by atoms with van der Waals surface area (Å²) in [5.41, 5.74) is 0. The maximum atomic E-state index is 10.3. The fraction of sp³-hybridized carbons (Fsp3) is 1.00. The lowest BCUT2D eigenvalue weighted by molar-refractivity contribution is 0.126. The second-order valence-corrected chi connectivity index (χ2v) is 7.01. The van der Waals surface area contributed by atoms with Crippen molar-refractivity contribution in [3.05, 3.63) is 0 Å². The Kier molecular flexibility index (Phi) is 15.8. The Morgan fingerprint density at radius 3 is 1.50 bits per heavy atom. The van der Waals surface area contributed by atoms with Crippen LogP contribution in [-0.2, 0) is 29.7 Å². The monoisotopic (exact) mass is 368 g/mol. The summed E-state index contributed by atoms with van der Waals surface area (Å²) in [6, 6.07) is 0. The molecule has 0 saturated carbocycles. The normalized spacial score (nSPS) is 14.3. The number of hydrogen-bond acceptors (Lipinski definition) is 10. The zero-order chi connectivity index (χ0) is 17.1. The number of aliphatic hydroxyl groups is 2. The Hall–Kier alpha value is -0.340. The minimum atomic E-state index is -4.41. The fourth-order valence-corrected chi connectivity index (χ4v) is 1.82. The van der Waals surface area contributed by atoms with Gasteiger partial charge in [0.1, 0.15) is 20.2 Å². The van der Waals surface area contributed by atoms with Crippen LogP contribution in [0, 0.1) is 0 Å². The molecule has 0 fully saturated rings. The Morgan fingerprint density at radius 1 is 0.955 bits per heavy atom. The number of methoxy groups -OCH3 is 1. The van der Waals surface area contributed by atoms with Crippen molar-refractivity contribution in [2.24, 2.45) is 0 Å². The molecule has 0 aliphatic heterocycles. The molecule has 0 aromatic carbocycles. The van der Waals surface area contributed by atoms with Crippen molar-refractivity contribution in [2.45, 2.75) is 24.9 Å². The maximum Gasteiger partial charge on any atom is 0.102 e. The van der Waals surface area contributed by atoms with E-state index in [0.29, 0.717) is 6.61 Å². The highest BCUT2D eigenvalue weighted by Gasteiger charge is 2.14. The van der Waals surface area contributed by atoms with Gasteiger partial charge in [-0.25, -0.2) is 16.8 Å². The molecule has 2 unspecified atom stereocenters. The van der Waals surface area contributed by atoms with Gasteiger partial charge in [0.2, 0.25) is 0 Å². The van der Waals surface area contributed by atoms with E-state index < -0.39 is 43.9 Å². The lowest BCUT2D eigenvalue weighted by Crippen LogP contribution is -2.29. The topological polar surface area (TPSA) is 173 Å². The highest BCUT2D eigenvalue weighted by atomic mass is 32.2. The van der Waals surface area contributed by atoms with Gasteiger partial charge in [-0.1, -0.05) is 7.43 Å². The molecule has 0 aliphatic rings. The van der Waals surface area contributed by atoms with Crippen molar-refractivity contribution in [1.29, 1.82) is 0 Å². The molecule has 2 atom stereocenters. The molecule has 0 radical (unpaired) electrons. The third-order valence-electron chi connectivity index (χ3n) is 2.08. The molecule has 12 heteroatoms. The van der Waals surface area contributed by atoms with Crippen LogP contribution in [0.2, 0.25) is 0 Å². The van der Waals surface area contributed by atoms with Crippen LogP contribution < -0.4 is 0 Å². The van der Waals surface area contributed by atoms with Crippen molar-refractivity contribution in [1.82, 2.24) is 0 Å². The van der Waals surface area contributed by atoms with Crippen molar-refractivity contribution in [3.63, 3.8) is 0 Å². The van der Waals surface area contributed by atoms with Gasteiger partial charge in [-0.05, 0) is 6.92 Å². The summed E-state index contributed by atoms with van der Waals surface area (Å²) in [7, 11) is -7.56. The molecular formula is C10H24O10S2-2. The van der Waals surface area contributed by atoms with Crippen molar-refractivity contribution in [3.8, 4) is 0 Å². The standard InChI is InChI=1S/C5H12O5S.C4H10O5S.CH4/c1-2-10-4-5(3-6)11(7,8)9;1-9-3-4(2-5)10(6,7)8;/h5-6H,2-4H2,1H3,(H,7,8,9);4-5H,2-3H2,1H3,(H,6,7,8);1H4/p-2.